The van der Waals surface area contributed by atoms with E-state index in [1.54, 1.807) is 0 Å². The van der Waals surface area contributed by atoms with E-state index in [1.165, 1.54) is 11.1 Å². The average molecular weight is 261 g/mol. The lowest BCUT2D eigenvalue weighted by atomic mass is 10.0. The van der Waals surface area contributed by atoms with Crippen LogP contribution in [-0.2, 0) is 0 Å². The van der Waals surface area contributed by atoms with E-state index in [0.717, 1.165) is 19.0 Å². The summed E-state index contributed by atoms with van der Waals surface area (Å²) in [4.78, 5) is 4.65. The second-order valence-electron chi connectivity index (χ2n) is 5.33. The molecule has 1 rings (SSSR count). The van der Waals surface area contributed by atoms with Crippen molar-refractivity contribution in [3.63, 3.8) is 0 Å². The van der Waals surface area contributed by atoms with Crippen LogP contribution in [0.2, 0.25) is 0 Å². The Hall–Kier alpha value is -1.51. The van der Waals surface area contributed by atoms with Gasteiger partial charge >= 0.3 is 0 Å². The first-order chi connectivity index (χ1) is 9.02. The van der Waals surface area contributed by atoms with E-state index in [0.29, 0.717) is 12.0 Å². The van der Waals surface area contributed by atoms with Crippen molar-refractivity contribution in [2.24, 2.45) is 4.99 Å². The molecule has 0 aromatic heterocycles. The highest BCUT2D eigenvalue weighted by Gasteiger charge is 2.06. The van der Waals surface area contributed by atoms with Crippen LogP contribution in [0.1, 0.15) is 44.7 Å². The van der Waals surface area contributed by atoms with Gasteiger partial charge in [0, 0.05) is 25.0 Å². The van der Waals surface area contributed by atoms with Gasteiger partial charge in [-0.1, -0.05) is 36.8 Å². The molecule has 3 nitrogen and oxygen atoms in total. The summed E-state index contributed by atoms with van der Waals surface area (Å²) < 4.78 is 0. The summed E-state index contributed by atoms with van der Waals surface area (Å²) in [6.45, 7) is 12.3. The zero-order chi connectivity index (χ0) is 14.3. The minimum atomic E-state index is 0.396. The molecule has 0 saturated heterocycles. The average Bonchev–Trinajstić information content (AvgIpc) is 2.36. The lowest BCUT2D eigenvalue weighted by Gasteiger charge is -2.15. The van der Waals surface area contributed by atoms with Crippen LogP contribution in [-0.4, -0.2) is 25.1 Å². The third-order valence-corrected chi connectivity index (χ3v) is 2.94. The summed E-state index contributed by atoms with van der Waals surface area (Å²) in [5.41, 5.74) is 2.64. The van der Waals surface area contributed by atoms with E-state index in [9.17, 15) is 0 Å². The number of rotatable bonds is 5. The van der Waals surface area contributed by atoms with Crippen LogP contribution in [0.4, 0.5) is 0 Å². The zero-order valence-electron chi connectivity index (χ0n) is 12.8. The largest absolute Gasteiger partial charge is 0.357 e. The molecule has 1 aromatic carbocycles. The van der Waals surface area contributed by atoms with Gasteiger partial charge in [-0.15, -0.1) is 0 Å². The maximum absolute atomic E-state index is 4.65. The van der Waals surface area contributed by atoms with Crippen molar-refractivity contribution < 1.29 is 0 Å². The van der Waals surface area contributed by atoms with Crippen molar-refractivity contribution in [2.45, 2.75) is 46.6 Å². The summed E-state index contributed by atoms with van der Waals surface area (Å²) in [7, 11) is 0. The minimum absolute atomic E-state index is 0.396. The number of nitrogens with one attached hydrogen (secondary N) is 2. The topological polar surface area (TPSA) is 36.4 Å². The van der Waals surface area contributed by atoms with Crippen LogP contribution >= 0.6 is 0 Å². The van der Waals surface area contributed by atoms with E-state index in [4.69, 9.17) is 0 Å². The molecular weight excluding hydrogens is 234 g/mol. The maximum atomic E-state index is 4.65. The second kappa shape index (κ2) is 7.82. The van der Waals surface area contributed by atoms with E-state index < -0.39 is 0 Å². The molecule has 0 heterocycles. The van der Waals surface area contributed by atoms with Crippen molar-refractivity contribution in [3.8, 4) is 0 Å². The van der Waals surface area contributed by atoms with Crippen molar-refractivity contribution in [3.05, 3.63) is 35.4 Å². The molecule has 2 N–H and O–H groups in total. The van der Waals surface area contributed by atoms with Crippen molar-refractivity contribution in [2.75, 3.05) is 13.1 Å². The van der Waals surface area contributed by atoms with Gasteiger partial charge in [0.2, 0.25) is 0 Å². The normalized spacial score (nSPS) is 13.5. The van der Waals surface area contributed by atoms with E-state index >= 15 is 0 Å². The van der Waals surface area contributed by atoms with E-state index in [2.05, 4.69) is 74.5 Å². The molecule has 0 saturated carbocycles. The molecule has 0 radical (unpaired) electrons. The van der Waals surface area contributed by atoms with Gasteiger partial charge in [0.05, 0.1) is 0 Å². The monoisotopic (exact) mass is 261 g/mol. The summed E-state index contributed by atoms with van der Waals surface area (Å²) in [6, 6.07) is 9.10. The third-order valence-electron chi connectivity index (χ3n) is 2.94. The Balaban J connectivity index is 2.63. The number of hydrogen-bond donors (Lipinski definition) is 2. The first-order valence-electron chi connectivity index (χ1n) is 7.14. The molecule has 106 valence electrons. The van der Waals surface area contributed by atoms with Gasteiger partial charge < -0.3 is 10.6 Å². The van der Waals surface area contributed by atoms with Crippen molar-refractivity contribution in [1.82, 2.24) is 10.6 Å². The fourth-order valence-electron chi connectivity index (χ4n) is 1.82. The molecular formula is C16H27N3. The predicted octanol–water partition coefficient (Wildman–Crippen LogP) is 3.06. The number of hydrogen-bond acceptors (Lipinski definition) is 1. The lowest BCUT2D eigenvalue weighted by molar-refractivity contribution is 0.690. The molecule has 0 fully saturated rings. The van der Waals surface area contributed by atoms with Crippen LogP contribution in [0.25, 0.3) is 0 Å². The number of aryl methyl sites for hydroxylation is 1. The van der Waals surface area contributed by atoms with Gasteiger partial charge in [0.25, 0.3) is 0 Å². The molecule has 19 heavy (non-hydrogen) atoms. The molecule has 1 aromatic rings. The molecule has 0 bridgehead atoms. The highest BCUT2D eigenvalue weighted by molar-refractivity contribution is 5.80. The van der Waals surface area contributed by atoms with Crippen LogP contribution < -0.4 is 10.6 Å². The number of guanidine groups is 1. The zero-order valence-corrected chi connectivity index (χ0v) is 12.8. The minimum Gasteiger partial charge on any atom is -0.357 e. The van der Waals surface area contributed by atoms with Crippen LogP contribution in [0.15, 0.2) is 29.3 Å². The Bertz CT molecular complexity index is 393. The molecule has 1 atom stereocenters. The molecule has 0 aliphatic rings. The Kier molecular flexibility index (Phi) is 6.40. The number of nitrogens with zero attached hydrogens (tertiary/aromatic N) is 1. The third kappa shape index (κ3) is 5.77. The van der Waals surface area contributed by atoms with Gasteiger partial charge in [-0.3, -0.25) is 4.99 Å². The molecule has 0 aliphatic carbocycles. The highest BCUT2D eigenvalue weighted by atomic mass is 15.2. The molecule has 0 amide bonds. The summed E-state index contributed by atoms with van der Waals surface area (Å²) in [5, 5.41) is 6.60. The maximum Gasteiger partial charge on any atom is 0.191 e. The number of aliphatic imine (C=N–C) groups is 1. The quantitative estimate of drug-likeness (QED) is 0.631. The summed E-state index contributed by atoms with van der Waals surface area (Å²) in [5.74, 6) is 1.33. The summed E-state index contributed by atoms with van der Waals surface area (Å²) >= 11 is 0. The van der Waals surface area contributed by atoms with Gasteiger partial charge in [0.15, 0.2) is 5.96 Å². The highest BCUT2D eigenvalue weighted by Crippen LogP contribution is 2.15. The van der Waals surface area contributed by atoms with E-state index in [-0.39, 0.29) is 0 Å². The number of benzene rings is 1. The lowest BCUT2D eigenvalue weighted by Crippen LogP contribution is -2.41. The fourth-order valence-corrected chi connectivity index (χ4v) is 1.82. The summed E-state index contributed by atoms with van der Waals surface area (Å²) in [6.07, 6.45) is 0. The van der Waals surface area contributed by atoms with E-state index in [1.807, 2.05) is 0 Å². The van der Waals surface area contributed by atoms with Crippen molar-refractivity contribution in [1.29, 1.82) is 0 Å². The van der Waals surface area contributed by atoms with Gasteiger partial charge in [0.1, 0.15) is 0 Å². The van der Waals surface area contributed by atoms with Gasteiger partial charge in [-0.05, 0) is 33.3 Å². The van der Waals surface area contributed by atoms with Crippen LogP contribution in [0.3, 0.4) is 0 Å². The first-order valence-corrected chi connectivity index (χ1v) is 7.14. The standard InChI is InChI=1S/C16H27N3/c1-6-17-16(19-12(2)3)18-11-14(5)15-9-7-13(4)8-10-15/h7-10,12,14H,6,11H2,1-5H3,(H2,17,18,19). The Morgan fingerprint density at radius 1 is 1.16 bits per heavy atom. The Morgan fingerprint density at radius 3 is 2.32 bits per heavy atom. The molecule has 0 aliphatic heterocycles. The molecule has 0 spiro atoms. The predicted molar refractivity (Wildman–Crippen MR) is 83.8 cm³/mol. The Labute approximate surface area is 117 Å². The SMILES string of the molecule is CCNC(=NCC(C)c1ccc(C)cc1)NC(C)C. The smallest absolute Gasteiger partial charge is 0.191 e. The van der Waals surface area contributed by atoms with Crippen molar-refractivity contribution >= 4 is 5.96 Å². The molecule has 3 heteroatoms. The van der Waals surface area contributed by atoms with Crippen LogP contribution in [0.5, 0.6) is 0 Å². The fraction of sp³-hybridized carbons (Fsp3) is 0.562. The van der Waals surface area contributed by atoms with Gasteiger partial charge in [-0.25, -0.2) is 0 Å². The second-order valence-corrected chi connectivity index (χ2v) is 5.33. The first kappa shape index (κ1) is 15.5. The molecule has 1 unspecified atom stereocenters. The van der Waals surface area contributed by atoms with Gasteiger partial charge in [-0.2, -0.15) is 0 Å². The Morgan fingerprint density at radius 2 is 1.79 bits per heavy atom. The van der Waals surface area contributed by atoms with Crippen LogP contribution in [0, 0.1) is 6.92 Å².